The molecule has 0 bridgehead atoms. The van der Waals surface area contributed by atoms with Crippen molar-refractivity contribution < 1.29 is 13.9 Å². The molecule has 0 unspecified atom stereocenters. The van der Waals surface area contributed by atoms with Gasteiger partial charge in [-0.3, -0.25) is 4.99 Å². The number of nitrogens with zero attached hydrogens (tertiary/aromatic N) is 2. The van der Waals surface area contributed by atoms with Crippen LogP contribution in [0, 0.1) is 5.82 Å². The second-order valence-corrected chi connectivity index (χ2v) is 4.16. The maximum atomic E-state index is 13.8. The molecule has 2 rings (SSSR count). The highest BCUT2D eigenvalue weighted by Gasteiger charge is 2.09. The Morgan fingerprint density at radius 2 is 2.25 bits per heavy atom. The predicted molar refractivity (Wildman–Crippen MR) is 74.2 cm³/mol. The first-order valence-corrected chi connectivity index (χ1v) is 6.02. The number of carbonyl (C=O) groups is 1. The summed E-state index contributed by atoms with van der Waals surface area (Å²) in [5.41, 5.74) is 0.798. The third-order valence-corrected chi connectivity index (χ3v) is 2.82. The van der Waals surface area contributed by atoms with Crippen LogP contribution in [0.2, 0.25) is 5.15 Å². The normalized spacial score (nSPS) is 10.8. The van der Waals surface area contributed by atoms with E-state index in [0.717, 1.165) is 6.07 Å². The first kappa shape index (κ1) is 14.1. The number of aliphatic imine (C=N–C) groups is 1. The summed E-state index contributed by atoms with van der Waals surface area (Å²) in [5, 5.41) is 0.280. The number of hydrogen-bond donors (Lipinski definition) is 0. The minimum atomic E-state index is -0.621. The minimum absolute atomic E-state index is 0.0950. The third-order valence-electron chi connectivity index (χ3n) is 2.50. The van der Waals surface area contributed by atoms with E-state index < -0.39 is 11.8 Å². The van der Waals surface area contributed by atoms with Crippen molar-refractivity contribution in [1.82, 2.24) is 4.98 Å². The molecule has 0 N–H and O–H groups in total. The lowest BCUT2D eigenvalue weighted by Gasteiger charge is -2.01. The highest BCUT2D eigenvalue weighted by Crippen LogP contribution is 2.20. The molecule has 0 saturated carbocycles. The lowest BCUT2D eigenvalue weighted by atomic mass is 10.2. The summed E-state index contributed by atoms with van der Waals surface area (Å²) < 4.78 is 18.3. The molecule has 2 aromatic rings. The fourth-order valence-corrected chi connectivity index (χ4v) is 1.66. The Balaban J connectivity index is 2.27. The van der Waals surface area contributed by atoms with E-state index in [1.165, 1.54) is 25.5 Å². The number of benzene rings is 1. The smallest absolute Gasteiger partial charge is 0.337 e. The van der Waals surface area contributed by atoms with Crippen LogP contribution in [0.25, 0.3) is 0 Å². The zero-order chi connectivity index (χ0) is 14.5. The predicted octanol–water partition coefficient (Wildman–Crippen LogP) is 3.41. The first-order chi connectivity index (χ1) is 9.61. The molecule has 0 aliphatic heterocycles. The summed E-state index contributed by atoms with van der Waals surface area (Å²) in [7, 11) is 1.23. The first-order valence-electron chi connectivity index (χ1n) is 5.64. The van der Waals surface area contributed by atoms with Crippen LogP contribution in [-0.4, -0.2) is 24.3 Å². The van der Waals surface area contributed by atoms with Crippen LogP contribution in [-0.2, 0) is 4.74 Å². The largest absolute Gasteiger partial charge is 0.465 e. The van der Waals surface area contributed by atoms with E-state index in [-0.39, 0.29) is 16.4 Å². The molecule has 6 heteroatoms. The van der Waals surface area contributed by atoms with Crippen molar-refractivity contribution in [3.63, 3.8) is 0 Å². The molecule has 0 radical (unpaired) electrons. The summed E-state index contributed by atoms with van der Waals surface area (Å²) in [5.74, 6) is -1.22. The molecule has 4 nitrogen and oxygen atoms in total. The molecule has 0 aliphatic carbocycles. The van der Waals surface area contributed by atoms with Gasteiger partial charge < -0.3 is 4.74 Å². The van der Waals surface area contributed by atoms with Crippen molar-refractivity contribution in [3.8, 4) is 0 Å². The molecule has 0 fully saturated rings. The second kappa shape index (κ2) is 6.25. The Labute approximate surface area is 119 Å². The van der Waals surface area contributed by atoms with E-state index in [1.54, 1.807) is 18.3 Å². The Hall–Kier alpha value is -2.27. The van der Waals surface area contributed by atoms with Crippen molar-refractivity contribution in [1.29, 1.82) is 0 Å². The summed E-state index contributed by atoms with van der Waals surface area (Å²) in [4.78, 5) is 19.1. The van der Waals surface area contributed by atoms with E-state index in [0.29, 0.717) is 5.56 Å². The van der Waals surface area contributed by atoms with Crippen LogP contribution in [0.3, 0.4) is 0 Å². The number of halogens is 2. The summed E-state index contributed by atoms with van der Waals surface area (Å²) >= 11 is 5.86. The monoisotopic (exact) mass is 292 g/mol. The molecule has 0 saturated heterocycles. The maximum absolute atomic E-state index is 13.8. The van der Waals surface area contributed by atoms with E-state index >= 15 is 0 Å². The van der Waals surface area contributed by atoms with Crippen molar-refractivity contribution in [2.45, 2.75) is 0 Å². The number of ether oxygens (including phenoxy) is 1. The van der Waals surface area contributed by atoms with Gasteiger partial charge in [-0.05, 0) is 30.3 Å². The quantitative estimate of drug-likeness (QED) is 0.495. The molecule has 0 atom stereocenters. The van der Waals surface area contributed by atoms with E-state index in [2.05, 4.69) is 14.7 Å². The number of methoxy groups -OCH3 is 1. The molecule has 102 valence electrons. The van der Waals surface area contributed by atoms with Gasteiger partial charge in [0.1, 0.15) is 11.0 Å². The molecule has 1 aromatic carbocycles. The van der Waals surface area contributed by atoms with Gasteiger partial charge in [-0.2, -0.15) is 0 Å². The van der Waals surface area contributed by atoms with Gasteiger partial charge >= 0.3 is 5.97 Å². The highest BCUT2D eigenvalue weighted by atomic mass is 35.5. The van der Waals surface area contributed by atoms with Crippen LogP contribution in [0.15, 0.2) is 41.5 Å². The number of esters is 1. The average molecular weight is 293 g/mol. The van der Waals surface area contributed by atoms with Crippen molar-refractivity contribution >= 4 is 29.5 Å². The van der Waals surface area contributed by atoms with Crippen LogP contribution >= 0.6 is 11.6 Å². The van der Waals surface area contributed by atoms with Crippen molar-refractivity contribution in [2.24, 2.45) is 4.99 Å². The zero-order valence-corrected chi connectivity index (χ0v) is 11.3. The molecular formula is C14H10ClFN2O2. The van der Waals surface area contributed by atoms with Gasteiger partial charge in [-0.1, -0.05) is 11.6 Å². The van der Waals surface area contributed by atoms with Gasteiger partial charge in [-0.25, -0.2) is 14.2 Å². The Bertz CT molecular complexity index is 674. The number of pyridine rings is 1. The van der Waals surface area contributed by atoms with Gasteiger partial charge in [0, 0.05) is 18.0 Å². The third kappa shape index (κ3) is 3.19. The fourth-order valence-electron chi connectivity index (χ4n) is 1.49. The van der Waals surface area contributed by atoms with Crippen molar-refractivity contribution in [3.05, 3.63) is 58.6 Å². The van der Waals surface area contributed by atoms with Crippen molar-refractivity contribution in [2.75, 3.05) is 7.11 Å². The number of rotatable bonds is 3. The Morgan fingerprint density at radius 1 is 1.45 bits per heavy atom. The number of hydrogen-bond acceptors (Lipinski definition) is 4. The summed E-state index contributed by atoms with van der Waals surface area (Å²) in [6.07, 6.45) is 2.96. The van der Waals surface area contributed by atoms with Crippen LogP contribution in [0.5, 0.6) is 0 Å². The number of carbonyl (C=O) groups excluding carboxylic acids is 1. The van der Waals surface area contributed by atoms with E-state index in [4.69, 9.17) is 11.6 Å². The molecular weight excluding hydrogens is 283 g/mol. The summed E-state index contributed by atoms with van der Waals surface area (Å²) in [6.45, 7) is 0. The van der Waals surface area contributed by atoms with E-state index in [1.807, 2.05) is 0 Å². The fraction of sp³-hybridized carbons (Fsp3) is 0.0714. The molecule has 0 aliphatic rings. The van der Waals surface area contributed by atoms with Gasteiger partial charge in [0.15, 0.2) is 0 Å². The lowest BCUT2D eigenvalue weighted by molar-refractivity contribution is 0.0600. The zero-order valence-electron chi connectivity index (χ0n) is 10.5. The molecule has 20 heavy (non-hydrogen) atoms. The lowest BCUT2D eigenvalue weighted by Crippen LogP contribution is -2.01. The van der Waals surface area contributed by atoms with Gasteiger partial charge in [-0.15, -0.1) is 0 Å². The minimum Gasteiger partial charge on any atom is -0.465 e. The number of aromatic nitrogens is 1. The molecule has 1 heterocycles. The molecule has 0 spiro atoms. The van der Waals surface area contributed by atoms with Gasteiger partial charge in [0.25, 0.3) is 0 Å². The molecule has 1 aromatic heterocycles. The Kier molecular flexibility index (Phi) is 4.42. The van der Waals surface area contributed by atoms with Gasteiger partial charge in [0.05, 0.1) is 18.4 Å². The van der Waals surface area contributed by atoms with Crippen LogP contribution < -0.4 is 0 Å². The summed E-state index contributed by atoms with van der Waals surface area (Å²) in [6, 6.07) is 7.31. The Morgan fingerprint density at radius 3 is 2.90 bits per heavy atom. The maximum Gasteiger partial charge on any atom is 0.337 e. The van der Waals surface area contributed by atoms with E-state index in [9.17, 15) is 9.18 Å². The standard InChI is InChI=1S/C14H10ClFN2O2/c1-20-14(19)9-4-5-12(11(16)7-9)18-8-10-3-2-6-17-13(10)15/h2-8H,1H3. The SMILES string of the molecule is COC(=O)c1ccc(N=Cc2cccnc2Cl)c(F)c1. The van der Waals surface area contributed by atoms with Gasteiger partial charge in [0.2, 0.25) is 0 Å². The van der Waals surface area contributed by atoms with Crippen LogP contribution in [0.1, 0.15) is 15.9 Å². The van der Waals surface area contributed by atoms with Crippen LogP contribution in [0.4, 0.5) is 10.1 Å². The topological polar surface area (TPSA) is 51.5 Å². The average Bonchev–Trinajstić information content (AvgIpc) is 2.46. The second-order valence-electron chi connectivity index (χ2n) is 3.80. The highest BCUT2D eigenvalue weighted by molar-refractivity contribution is 6.31. The molecule has 0 amide bonds.